The molecule has 0 bridgehead atoms. The highest BCUT2D eigenvalue weighted by atomic mass is 31.2. The van der Waals surface area contributed by atoms with Crippen LogP contribution in [0.4, 0.5) is 18.0 Å². The molecule has 1 aromatic carbocycles. The second-order valence-corrected chi connectivity index (χ2v) is 10.3. The van der Waals surface area contributed by atoms with Crippen LogP contribution in [-0.2, 0) is 35.8 Å². The first-order valence-electron chi connectivity index (χ1n) is 12.0. The summed E-state index contributed by atoms with van der Waals surface area (Å²) < 4.78 is 61.3. The monoisotopic (exact) mass is 569 g/mol. The first-order chi connectivity index (χ1) is 17.8. The van der Waals surface area contributed by atoms with E-state index in [-0.39, 0.29) is 38.2 Å². The molecule has 0 aliphatic carbocycles. The lowest BCUT2D eigenvalue weighted by Crippen LogP contribution is -2.50. The van der Waals surface area contributed by atoms with E-state index in [1.807, 2.05) is 0 Å². The highest BCUT2D eigenvalue weighted by molar-refractivity contribution is 7.54. The summed E-state index contributed by atoms with van der Waals surface area (Å²) in [6.45, 7) is 3.04. The summed E-state index contributed by atoms with van der Waals surface area (Å²) in [6.07, 6.45) is -5.84. The number of nitrogens with one attached hydrogen (secondary N) is 3. The maximum Gasteiger partial charge on any atom is 0.416 e. The average Bonchev–Trinajstić information content (AvgIpc) is 2.82. The van der Waals surface area contributed by atoms with Crippen LogP contribution in [-0.4, -0.2) is 72.7 Å². The van der Waals surface area contributed by atoms with Crippen molar-refractivity contribution in [2.24, 2.45) is 0 Å². The highest BCUT2D eigenvalue weighted by Gasteiger charge is 2.31. The van der Waals surface area contributed by atoms with Crippen LogP contribution in [0.25, 0.3) is 0 Å². The summed E-state index contributed by atoms with van der Waals surface area (Å²) in [5.41, 5.74) is -0.634. The van der Waals surface area contributed by atoms with Gasteiger partial charge in [0.1, 0.15) is 12.2 Å². The van der Waals surface area contributed by atoms with E-state index in [0.717, 1.165) is 12.1 Å². The van der Waals surface area contributed by atoms with Crippen molar-refractivity contribution in [2.75, 3.05) is 32.5 Å². The molecule has 1 unspecified atom stereocenters. The molecule has 38 heavy (non-hydrogen) atoms. The third kappa shape index (κ3) is 12.7. The van der Waals surface area contributed by atoms with E-state index in [2.05, 4.69) is 16.0 Å². The molecular formula is C23H35F3N3O8P. The number of halogens is 3. The Kier molecular flexibility index (Phi) is 14.3. The fourth-order valence-corrected chi connectivity index (χ4v) is 5.00. The summed E-state index contributed by atoms with van der Waals surface area (Å²) in [4.78, 5) is 35.9. The number of hydrogen-bond donors (Lipinski definition) is 5. The number of carbonyl (C=O) groups excluding carboxylic acids is 2. The Balaban J connectivity index is 2.62. The van der Waals surface area contributed by atoms with Crippen LogP contribution < -0.4 is 16.0 Å². The van der Waals surface area contributed by atoms with Crippen LogP contribution in [0.5, 0.6) is 0 Å². The molecule has 216 valence electrons. The standard InChI is InChI=1S/C23H35F3N3O8P/c1-3-36-38(35,37-4-2)15-20(31)27-11-6-5-10-19(29-22(33)34)21(32)28-18(14-30)13-16-8-7-9-17(12-16)23(24,25)26/h7-9,12,18-19,29-30H,3-6,10-11,13-15H2,1-2H3,(H,27,31)(H,28,32)(H,33,34)/t18-,19?/m0/s1. The van der Waals surface area contributed by atoms with Crippen LogP contribution >= 0.6 is 7.60 Å². The second-order valence-electron chi connectivity index (χ2n) is 8.24. The number of rotatable bonds is 17. The number of carboxylic acid groups (broad SMARTS) is 1. The molecule has 0 aromatic heterocycles. The van der Waals surface area contributed by atoms with Crippen LogP contribution in [0.1, 0.15) is 44.2 Å². The number of aliphatic hydroxyl groups excluding tert-OH is 1. The molecule has 0 fully saturated rings. The van der Waals surface area contributed by atoms with Crippen molar-refractivity contribution in [1.82, 2.24) is 16.0 Å². The van der Waals surface area contributed by atoms with Crippen LogP contribution in [0.3, 0.4) is 0 Å². The lowest BCUT2D eigenvalue weighted by Gasteiger charge is -2.22. The molecule has 1 rings (SSSR count). The number of unbranched alkanes of at least 4 members (excludes halogenated alkanes) is 1. The molecule has 0 spiro atoms. The van der Waals surface area contributed by atoms with Gasteiger partial charge in [-0.15, -0.1) is 0 Å². The molecule has 0 radical (unpaired) electrons. The summed E-state index contributed by atoms with van der Waals surface area (Å²) in [7, 11) is -3.55. The molecule has 0 aliphatic rings. The molecule has 0 saturated carbocycles. The van der Waals surface area contributed by atoms with Crippen molar-refractivity contribution < 1.29 is 51.4 Å². The lowest BCUT2D eigenvalue weighted by atomic mass is 10.0. The van der Waals surface area contributed by atoms with Crippen molar-refractivity contribution in [3.8, 4) is 0 Å². The van der Waals surface area contributed by atoms with E-state index in [4.69, 9.17) is 14.2 Å². The zero-order valence-corrected chi connectivity index (χ0v) is 22.1. The molecule has 0 aliphatic heterocycles. The van der Waals surface area contributed by atoms with Gasteiger partial charge in [-0.1, -0.05) is 18.2 Å². The smallest absolute Gasteiger partial charge is 0.416 e. The van der Waals surface area contributed by atoms with Gasteiger partial charge < -0.3 is 35.2 Å². The van der Waals surface area contributed by atoms with Gasteiger partial charge >= 0.3 is 19.9 Å². The predicted octanol–water partition coefficient (Wildman–Crippen LogP) is 2.91. The normalized spacial score (nSPS) is 13.4. The van der Waals surface area contributed by atoms with Gasteiger partial charge in [-0.05, 0) is 51.2 Å². The van der Waals surface area contributed by atoms with Crippen LogP contribution in [0.2, 0.25) is 0 Å². The molecule has 3 amide bonds. The summed E-state index contributed by atoms with van der Waals surface area (Å²) in [5.74, 6) is -1.30. The summed E-state index contributed by atoms with van der Waals surface area (Å²) in [5, 5.41) is 25.8. The van der Waals surface area contributed by atoms with Gasteiger partial charge in [0.05, 0.1) is 31.4 Å². The maximum absolute atomic E-state index is 12.9. The fourth-order valence-electron chi connectivity index (χ4n) is 3.50. The molecule has 1 aromatic rings. The number of alkyl halides is 3. The molecule has 5 N–H and O–H groups in total. The number of amides is 3. The fraction of sp³-hybridized carbons (Fsp3) is 0.609. The molecular weight excluding hydrogens is 534 g/mol. The number of aliphatic hydroxyl groups is 1. The van der Waals surface area contributed by atoms with Crippen molar-refractivity contribution in [1.29, 1.82) is 0 Å². The quantitative estimate of drug-likeness (QED) is 0.141. The van der Waals surface area contributed by atoms with E-state index >= 15 is 0 Å². The van der Waals surface area contributed by atoms with E-state index in [1.165, 1.54) is 12.1 Å². The minimum absolute atomic E-state index is 0.0477. The lowest BCUT2D eigenvalue weighted by molar-refractivity contribution is -0.137. The number of carbonyl (C=O) groups is 3. The Bertz CT molecular complexity index is 954. The van der Waals surface area contributed by atoms with E-state index in [9.17, 15) is 37.2 Å². The minimum atomic E-state index is -4.55. The van der Waals surface area contributed by atoms with Gasteiger partial charge in [0.15, 0.2) is 0 Å². The van der Waals surface area contributed by atoms with E-state index in [0.29, 0.717) is 12.8 Å². The van der Waals surface area contributed by atoms with Gasteiger partial charge in [0.25, 0.3) is 0 Å². The van der Waals surface area contributed by atoms with Crippen molar-refractivity contribution in [2.45, 2.75) is 57.8 Å². The largest absolute Gasteiger partial charge is 0.465 e. The maximum atomic E-state index is 12.9. The molecule has 15 heteroatoms. The van der Waals surface area contributed by atoms with Gasteiger partial charge in [-0.2, -0.15) is 13.2 Å². The topological polar surface area (TPSA) is 163 Å². The molecule has 0 saturated heterocycles. The van der Waals surface area contributed by atoms with Crippen LogP contribution in [0, 0.1) is 0 Å². The molecule has 0 heterocycles. The number of benzene rings is 1. The van der Waals surface area contributed by atoms with Crippen molar-refractivity contribution in [3.05, 3.63) is 35.4 Å². The van der Waals surface area contributed by atoms with Gasteiger partial charge in [-0.25, -0.2) is 4.79 Å². The Morgan fingerprint density at radius 3 is 2.29 bits per heavy atom. The zero-order valence-electron chi connectivity index (χ0n) is 21.3. The minimum Gasteiger partial charge on any atom is -0.465 e. The molecule has 2 atom stereocenters. The second kappa shape index (κ2) is 16.3. The van der Waals surface area contributed by atoms with E-state index < -0.39 is 62.1 Å². The third-order valence-corrected chi connectivity index (χ3v) is 7.13. The summed E-state index contributed by atoms with van der Waals surface area (Å²) >= 11 is 0. The SMILES string of the molecule is CCOP(=O)(CC(=O)NCCCCC(NC(=O)O)C(=O)N[C@H](CO)Cc1cccc(C(F)(F)F)c1)OCC. The summed E-state index contributed by atoms with van der Waals surface area (Å²) in [6, 6.07) is 2.31. The van der Waals surface area contributed by atoms with Gasteiger partial charge in [0.2, 0.25) is 11.8 Å². The number of hydrogen-bond acceptors (Lipinski definition) is 7. The van der Waals surface area contributed by atoms with Crippen molar-refractivity contribution in [3.63, 3.8) is 0 Å². The average molecular weight is 570 g/mol. The Morgan fingerprint density at radius 1 is 1.08 bits per heavy atom. The van der Waals surface area contributed by atoms with Crippen molar-refractivity contribution >= 4 is 25.5 Å². The van der Waals surface area contributed by atoms with Gasteiger partial charge in [-0.3, -0.25) is 14.2 Å². The Hall–Kier alpha value is -2.67. The Labute approximate surface area is 219 Å². The highest BCUT2D eigenvalue weighted by Crippen LogP contribution is 2.47. The zero-order chi connectivity index (χ0) is 28.8. The predicted molar refractivity (Wildman–Crippen MR) is 132 cm³/mol. The van der Waals surface area contributed by atoms with Crippen LogP contribution in [0.15, 0.2) is 24.3 Å². The molecule has 11 nitrogen and oxygen atoms in total. The van der Waals surface area contributed by atoms with Gasteiger partial charge in [0, 0.05) is 6.54 Å². The Morgan fingerprint density at radius 2 is 1.74 bits per heavy atom. The first kappa shape index (κ1) is 33.4. The first-order valence-corrected chi connectivity index (χ1v) is 13.8. The third-order valence-electron chi connectivity index (χ3n) is 5.15. The van der Waals surface area contributed by atoms with E-state index in [1.54, 1.807) is 13.8 Å².